The van der Waals surface area contributed by atoms with Crippen LogP contribution < -0.4 is 36.1 Å². The van der Waals surface area contributed by atoms with Gasteiger partial charge in [0.25, 0.3) is 0 Å². The SMILES string of the molecule is COc1cc(-c2nccc(-c3cccc4c3CCC[C@@H]4Nc3nc(OC)c(CNC[C@@H]4CCC(=O)N4)cc3C(F)(F)F)c2Cl)ccc1CNC[C@H]1CCC(=O)N1. The van der Waals surface area contributed by atoms with E-state index in [0.29, 0.717) is 68.2 Å². The molecule has 15 heteroatoms. The number of halogens is 4. The maximum atomic E-state index is 14.6. The number of hydrogen-bond donors (Lipinski definition) is 5. The summed E-state index contributed by atoms with van der Waals surface area (Å²) in [6.45, 7) is 1.72. The first-order valence-corrected chi connectivity index (χ1v) is 19.3. The first-order chi connectivity index (χ1) is 27.0. The van der Waals surface area contributed by atoms with Gasteiger partial charge in [-0.2, -0.15) is 18.2 Å². The lowest BCUT2D eigenvalue weighted by atomic mass is 9.83. The highest BCUT2D eigenvalue weighted by Crippen LogP contribution is 2.44. The Bertz CT molecular complexity index is 2100. The second kappa shape index (κ2) is 17.1. The van der Waals surface area contributed by atoms with Crippen LogP contribution in [-0.4, -0.2) is 61.2 Å². The molecule has 5 N–H and O–H groups in total. The number of amides is 2. The zero-order valence-electron chi connectivity index (χ0n) is 31.2. The van der Waals surface area contributed by atoms with Crippen molar-refractivity contribution in [2.45, 2.75) is 82.3 Å². The zero-order chi connectivity index (χ0) is 39.4. The first kappa shape index (κ1) is 39.3. The summed E-state index contributed by atoms with van der Waals surface area (Å²) in [5, 5.41) is 15.9. The van der Waals surface area contributed by atoms with Gasteiger partial charge in [-0.05, 0) is 67.0 Å². The molecule has 0 unspecified atom stereocenters. The Kier molecular flexibility index (Phi) is 12.0. The minimum atomic E-state index is -4.68. The van der Waals surface area contributed by atoms with Gasteiger partial charge in [0, 0.05) is 79.6 Å². The van der Waals surface area contributed by atoms with Gasteiger partial charge < -0.3 is 36.1 Å². The molecule has 0 bridgehead atoms. The molecule has 3 atom stereocenters. The number of rotatable bonds is 14. The average Bonchev–Trinajstić information content (AvgIpc) is 3.81. The van der Waals surface area contributed by atoms with Gasteiger partial charge in [0.1, 0.15) is 11.6 Å². The van der Waals surface area contributed by atoms with Crippen molar-refractivity contribution in [1.82, 2.24) is 31.2 Å². The van der Waals surface area contributed by atoms with Gasteiger partial charge in [-0.3, -0.25) is 14.6 Å². The number of alkyl halides is 3. The molecule has 4 aromatic rings. The topological polar surface area (TPSA) is 139 Å². The van der Waals surface area contributed by atoms with E-state index in [-0.39, 0.29) is 47.7 Å². The van der Waals surface area contributed by atoms with Crippen LogP contribution in [0, 0.1) is 0 Å². The van der Waals surface area contributed by atoms with Crippen molar-refractivity contribution in [1.29, 1.82) is 0 Å². The number of pyridine rings is 2. The molecule has 2 aromatic carbocycles. The number of nitrogens with zero attached hydrogens (tertiary/aromatic N) is 2. The molecule has 11 nitrogen and oxygen atoms in total. The number of carbonyl (C=O) groups is 2. The fourth-order valence-electron chi connectivity index (χ4n) is 7.90. The van der Waals surface area contributed by atoms with Crippen LogP contribution in [0.3, 0.4) is 0 Å². The molecule has 1 aliphatic carbocycles. The molecule has 4 heterocycles. The zero-order valence-corrected chi connectivity index (χ0v) is 32.0. The lowest BCUT2D eigenvalue weighted by Gasteiger charge is -2.30. The number of ether oxygens (including phenoxy) is 2. The maximum absolute atomic E-state index is 14.6. The van der Waals surface area contributed by atoms with E-state index in [1.807, 2.05) is 42.5 Å². The monoisotopic (exact) mass is 791 g/mol. The van der Waals surface area contributed by atoms with Crippen molar-refractivity contribution in [3.05, 3.63) is 87.6 Å². The Morgan fingerprint density at radius 1 is 0.857 bits per heavy atom. The molecule has 2 saturated heterocycles. The third-order valence-corrected chi connectivity index (χ3v) is 11.1. The molecule has 2 fully saturated rings. The normalized spacial score (nSPS) is 19.4. The molecule has 7 rings (SSSR count). The summed E-state index contributed by atoms with van der Waals surface area (Å²) in [6.07, 6.45) is 1.54. The molecular weight excluding hydrogens is 747 g/mol. The van der Waals surface area contributed by atoms with Crippen molar-refractivity contribution < 1.29 is 32.2 Å². The van der Waals surface area contributed by atoms with E-state index < -0.39 is 17.8 Å². The van der Waals surface area contributed by atoms with Gasteiger partial charge in [-0.25, -0.2) is 0 Å². The highest BCUT2D eigenvalue weighted by molar-refractivity contribution is 6.35. The van der Waals surface area contributed by atoms with Crippen LogP contribution in [0.4, 0.5) is 19.0 Å². The van der Waals surface area contributed by atoms with E-state index >= 15 is 0 Å². The van der Waals surface area contributed by atoms with E-state index in [4.69, 9.17) is 21.1 Å². The largest absolute Gasteiger partial charge is 0.496 e. The standard InChI is InChI=1S/C41H45ClF3N7O4/c1-55-34-18-23(9-10-24(34)19-46-21-26-11-13-35(53)49-26)38-37(42)31(15-16-48-38)29-5-3-7-30-28(29)6-4-8-33(30)51-39-32(41(43,44)45)17-25(40(52-39)56-2)20-47-22-27-12-14-36(54)50-27/h3,5,7,9-10,15-18,26-27,33,46-47H,4,6,8,11-14,19-22H2,1-2H3,(H,49,53)(H,50,54)(H,51,52)/t26-,27+,33+/m1/s1. The van der Waals surface area contributed by atoms with Crippen molar-refractivity contribution >= 4 is 29.2 Å². The van der Waals surface area contributed by atoms with E-state index in [0.717, 1.165) is 52.3 Å². The van der Waals surface area contributed by atoms with Crippen molar-refractivity contribution in [2.75, 3.05) is 32.6 Å². The van der Waals surface area contributed by atoms with Crippen LogP contribution in [0.25, 0.3) is 22.4 Å². The molecule has 0 spiro atoms. The summed E-state index contributed by atoms with van der Waals surface area (Å²) in [7, 11) is 3.00. The quantitative estimate of drug-likeness (QED) is 0.0942. The number of hydrogen-bond acceptors (Lipinski definition) is 9. The van der Waals surface area contributed by atoms with E-state index in [1.165, 1.54) is 7.11 Å². The number of carbonyl (C=O) groups excluding carboxylic acids is 2. The molecule has 2 aliphatic heterocycles. The van der Waals surface area contributed by atoms with Crippen molar-refractivity contribution in [2.24, 2.45) is 0 Å². The third-order valence-electron chi connectivity index (χ3n) is 10.7. The summed E-state index contributed by atoms with van der Waals surface area (Å²) in [5.74, 6) is 0.509. The van der Waals surface area contributed by atoms with Crippen LogP contribution in [0.1, 0.15) is 72.4 Å². The summed E-state index contributed by atoms with van der Waals surface area (Å²) in [4.78, 5) is 32.1. The summed E-state index contributed by atoms with van der Waals surface area (Å²) >= 11 is 7.15. The van der Waals surface area contributed by atoms with E-state index in [1.54, 1.807) is 13.3 Å². The fourth-order valence-corrected chi connectivity index (χ4v) is 8.22. The van der Waals surface area contributed by atoms with Gasteiger partial charge in [0.05, 0.1) is 36.5 Å². The average molecular weight is 792 g/mol. The Labute approximate surface area is 328 Å². The number of anilines is 1. The first-order valence-electron chi connectivity index (χ1n) is 18.9. The number of fused-ring (bicyclic) bond motifs is 1. The Morgan fingerprint density at radius 3 is 2.21 bits per heavy atom. The number of methoxy groups -OCH3 is 2. The molecule has 296 valence electrons. The van der Waals surface area contributed by atoms with Crippen LogP contribution >= 0.6 is 11.6 Å². The van der Waals surface area contributed by atoms with E-state index in [9.17, 15) is 22.8 Å². The summed E-state index contributed by atoms with van der Waals surface area (Å²) < 4.78 is 55.0. The van der Waals surface area contributed by atoms with Gasteiger partial charge >= 0.3 is 6.18 Å². The van der Waals surface area contributed by atoms with Gasteiger partial charge in [0.15, 0.2) is 0 Å². The predicted octanol–water partition coefficient (Wildman–Crippen LogP) is 6.73. The van der Waals surface area contributed by atoms with Gasteiger partial charge in [-0.1, -0.05) is 41.9 Å². The third kappa shape index (κ3) is 8.72. The molecule has 0 saturated carbocycles. The Morgan fingerprint density at radius 2 is 1.57 bits per heavy atom. The fraction of sp³-hybridized carbons (Fsp3) is 0.415. The van der Waals surface area contributed by atoms with Crippen LogP contribution in [-0.2, 0) is 35.3 Å². The number of aromatic nitrogens is 2. The minimum absolute atomic E-state index is 0.0307. The molecule has 0 radical (unpaired) electrons. The number of nitrogens with one attached hydrogen (secondary N) is 5. The van der Waals surface area contributed by atoms with Crippen LogP contribution in [0.5, 0.6) is 11.6 Å². The molecular formula is C41H45ClF3N7O4. The second-order valence-electron chi connectivity index (χ2n) is 14.4. The van der Waals surface area contributed by atoms with E-state index in [2.05, 4.69) is 36.6 Å². The minimum Gasteiger partial charge on any atom is -0.496 e. The lowest BCUT2D eigenvalue weighted by Crippen LogP contribution is -2.35. The number of benzene rings is 2. The Balaban J connectivity index is 1.12. The van der Waals surface area contributed by atoms with Gasteiger partial charge in [0.2, 0.25) is 17.7 Å². The van der Waals surface area contributed by atoms with Crippen molar-refractivity contribution in [3.8, 4) is 34.0 Å². The van der Waals surface area contributed by atoms with Crippen LogP contribution in [0.2, 0.25) is 5.02 Å². The molecule has 3 aliphatic rings. The second-order valence-corrected chi connectivity index (χ2v) is 14.8. The molecule has 56 heavy (non-hydrogen) atoms. The highest BCUT2D eigenvalue weighted by Gasteiger charge is 2.37. The summed E-state index contributed by atoms with van der Waals surface area (Å²) in [5.41, 5.74) is 5.20. The molecule has 2 amide bonds. The lowest BCUT2D eigenvalue weighted by molar-refractivity contribution is -0.137. The van der Waals surface area contributed by atoms with Gasteiger partial charge in [-0.15, -0.1) is 0 Å². The highest BCUT2D eigenvalue weighted by atomic mass is 35.5. The maximum Gasteiger partial charge on any atom is 0.419 e. The predicted molar refractivity (Wildman–Crippen MR) is 208 cm³/mol. The summed E-state index contributed by atoms with van der Waals surface area (Å²) in [6, 6.07) is 14.2. The van der Waals surface area contributed by atoms with Crippen LogP contribution in [0.15, 0.2) is 54.7 Å². The van der Waals surface area contributed by atoms with Crippen molar-refractivity contribution in [3.63, 3.8) is 0 Å². The smallest absolute Gasteiger partial charge is 0.419 e. The molecule has 2 aromatic heterocycles. The Hall–Kier alpha value is -4.92.